The van der Waals surface area contributed by atoms with Crippen LogP contribution in [-0.4, -0.2) is 19.7 Å². The van der Waals surface area contributed by atoms with Crippen LogP contribution < -0.4 is 5.56 Å². The van der Waals surface area contributed by atoms with Gasteiger partial charge in [-0.15, -0.1) is 0 Å². The summed E-state index contributed by atoms with van der Waals surface area (Å²) < 4.78 is 6.98. The minimum atomic E-state index is -0.0182. The molecule has 0 aliphatic rings. The Hall–Kier alpha value is -2.15. The molecule has 0 fully saturated rings. The van der Waals surface area contributed by atoms with Gasteiger partial charge in [-0.2, -0.15) is 4.98 Å². The third-order valence-corrected chi connectivity index (χ3v) is 4.54. The van der Waals surface area contributed by atoms with Crippen LogP contribution in [0.25, 0.3) is 10.9 Å². The standard InChI is InChI=1S/C17H20N4O2S/c1-4-7-14-19-15(23-20-14)10-24-17-18-13-9-6-5-8-12(13)16(22)21(17)11(2)3/h5-6,8-9,11H,4,7,10H2,1-3H3. The molecular formula is C17H20N4O2S. The monoisotopic (exact) mass is 344 g/mol. The van der Waals surface area contributed by atoms with E-state index in [9.17, 15) is 4.79 Å². The lowest BCUT2D eigenvalue weighted by Crippen LogP contribution is -2.25. The summed E-state index contributed by atoms with van der Waals surface area (Å²) in [4.78, 5) is 21.8. The van der Waals surface area contributed by atoms with Gasteiger partial charge in [0.25, 0.3) is 5.56 Å². The van der Waals surface area contributed by atoms with E-state index in [4.69, 9.17) is 4.52 Å². The zero-order valence-corrected chi connectivity index (χ0v) is 14.8. The lowest BCUT2D eigenvalue weighted by atomic mass is 10.2. The number of thioether (sulfide) groups is 1. The van der Waals surface area contributed by atoms with E-state index in [1.165, 1.54) is 11.8 Å². The molecule has 6 nitrogen and oxygen atoms in total. The van der Waals surface area contributed by atoms with E-state index in [-0.39, 0.29) is 11.6 Å². The fourth-order valence-corrected chi connectivity index (χ4v) is 3.45. The molecule has 3 aromatic rings. The molecule has 0 saturated heterocycles. The average Bonchev–Trinajstić information content (AvgIpc) is 3.00. The third kappa shape index (κ3) is 3.36. The Morgan fingerprint density at radius 1 is 1.25 bits per heavy atom. The Bertz CT molecular complexity index is 901. The van der Waals surface area contributed by atoms with E-state index in [2.05, 4.69) is 22.0 Å². The molecule has 0 spiro atoms. The maximum Gasteiger partial charge on any atom is 0.262 e. The Morgan fingerprint density at radius 2 is 2.04 bits per heavy atom. The minimum Gasteiger partial charge on any atom is -0.338 e. The molecule has 0 saturated carbocycles. The van der Waals surface area contributed by atoms with Crippen molar-refractivity contribution in [2.45, 2.75) is 50.6 Å². The Balaban J connectivity index is 1.92. The highest BCUT2D eigenvalue weighted by Gasteiger charge is 2.15. The molecule has 7 heteroatoms. The Kier molecular flexibility index (Phi) is 4.99. The highest BCUT2D eigenvalue weighted by molar-refractivity contribution is 7.98. The maximum atomic E-state index is 12.7. The fraction of sp³-hybridized carbons (Fsp3) is 0.412. The molecular weight excluding hydrogens is 324 g/mol. The van der Waals surface area contributed by atoms with E-state index in [1.54, 1.807) is 4.57 Å². The van der Waals surface area contributed by atoms with Crippen molar-refractivity contribution in [3.05, 3.63) is 46.3 Å². The molecule has 2 aromatic heterocycles. The van der Waals surface area contributed by atoms with Gasteiger partial charge in [-0.25, -0.2) is 4.98 Å². The van der Waals surface area contributed by atoms with Crippen molar-refractivity contribution >= 4 is 22.7 Å². The van der Waals surface area contributed by atoms with Crippen molar-refractivity contribution in [1.29, 1.82) is 0 Å². The number of hydrogen-bond acceptors (Lipinski definition) is 6. The van der Waals surface area contributed by atoms with Crippen LogP contribution >= 0.6 is 11.8 Å². The van der Waals surface area contributed by atoms with Crippen LogP contribution in [-0.2, 0) is 12.2 Å². The van der Waals surface area contributed by atoms with E-state index in [1.807, 2.05) is 38.1 Å². The molecule has 0 N–H and O–H groups in total. The molecule has 0 aliphatic heterocycles. The lowest BCUT2D eigenvalue weighted by Gasteiger charge is -2.15. The first kappa shape index (κ1) is 16.7. The molecule has 24 heavy (non-hydrogen) atoms. The number of para-hydroxylation sites is 1. The molecule has 3 rings (SSSR count). The van der Waals surface area contributed by atoms with Gasteiger partial charge in [0.1, 0.15) is 0 Å². The third-order valence-electron chi connectivity index (χ3n) is 3.60. The van der Waals surface area contributed by atoms with E-state index in [0.29, 0.717) is 27.7 Å². The number of benzene rings is 1. The summed E-state index contributed by atoms with van der Waals surface area (Å²) >= 11 is 1.44. The molecule has 2 heterocycles. The largest absolute Gasteiger partial charge is 0.338 e. The summed E-state index contributed by atoms with van der Waals surface area (Å²) in [5, 5.41) is 5.26. The number of aromatic nitrogens is 4. The number of nitrogens with zero attached hydrogens (tertiary/aromatic N) is 4. The van der Waals surface area contributed by atoms with E-state index >= 15 is 0 Å². The SMILES string of the molecule is CCCc1noc(CSc2nc3ccccc3c(=O)n2C(C)C)n1. The van der Waals surface area contributed by atoms with Gasteiger partial charge < -0.3 is 4.52 Å². The van der Waals surface area contributed by atoms with Gasteiger partial charge in [0, 0.05) is 12.5 Å². The maximum absolute atomic E-state index is 12.7. The summed E-state index contributed by atoms with van der Waals surface area (Å²) in [6.07, 6.45) is 1.78. The highest BCUT2D eigenvalue weighted by Crippen LogP contribution is 2.23. The second-order valence-electron chi connectivity index (χ2n) is 5.82. The fourth-order valence-electron chi connectivity index (χ4n) is 2.48. The van der Waals surface area contributed by atoms with Crippen LogP contribution in [0.4, 0.5) is 0 Å². The van der Waals surface area contributed by atoms with Gasteiger partial charge in [-0.05, 0) is 32.4 Å². The van der Waals surface area contributed by atoms with Gasteiger partial charge in [0.05, 0.1) is 16.7 Å². The molecule has 1 aromatic carbocycles. The first-order chi connectivity index (χ1) is 11.6. The van der Waals surface area contributed by atoms with Crippen LogP contribution in [0.1, 0.15) is 44.9 Å². The van der Waals surface area contributed by atoms with Crippen LogP contribution in [0, 0.1) is 0 Å². The van der Waals surface area contributed by atoms with Crippen molar-refractivity contribution in [3.8, 4) is 0 Å². The first-order valence-electron chi connectivity index (χ1n) is 8.05. The van der Waals surface area contributed by atoms with E-state index in [0.717, 1.165) is 18.7 Å². The predicted molar refractivity (Wildman–Crippen MR) is 94.2 cm³/mol. The summed E-state index contributed by atoms with van der Waals surface area (Å²) in [7, 11) is 0. The van der Waals surface area contributed by atoms with Crippen molar-refractivity contribution in [1.82, 2.24) is 19.7 Å². The molecule has 0 amide bonds. The smallest absolute Gasteiger partial charge is 0.262 e. The molecule has 0 radical (unpaired) electrons. The van der Waals surface area contributed by atoms with Crippen LogP contribution in [0.3, 0.4) is 0 Å². The van der Waals surface area contributed by atoms with Gasteiger partial charge in [-0.1, -0.05) is 36.0 Å². The minimum absolute atomic E-state index is 0.0182. The normalized spacial score (nSPS) is 11.5. The Morgan fingerprint density at radius 3 is 2.79 bits per heavy atom. The molecule has 0 unspecified atom stereocenters. The van der Waals surface area contributed by atoms with E-state index < -0.39 is 0 Å². The van der Waals surface area contributed by atoms with Crippen LogP contribution in [0.5, 0.6) is 0 Å². The van der Waals surface area contributed by atoms with Crippen LogP contribution in [0.15, 0.2) is 38.7 Å². The average molecular weight is 344 g/mol. The lowest BCUT2D eigenvalue weighted by molar-refractivity contribution is 0.384. The number of rotatable bonds is 6. The summed E-state index contributed by atoms with van der Waals surface area (Å²) in [5.74, 6) is 1.77. The van der Waals surface area contributed by atoms with Gasteiger partial charge >= 0.3 is 0 Å². The highest BCUT2D eigenvalue weighted by atomic mass is 32.2. The predicted octanol–water partition coefficient (Wildman–Crippen LogP) is 3.61. The molecule has 0 atom stereocenters. The first-order valence-corrected chi connectivity index (χ1v) is 9.04. The number of hydrogen-bond donors (Lipinski definition) is 0. The summed E-state index contributed by atoms with van der Waals surface area (Å²) in [6.45, 7) is 6.03. The molecule has 0 aliphatic carbocycles. The quantitative estimate of drug-likeness (QED) is 0.502. The van der Waals surface area contributed by atoms with Crippen molar-refractivity contribution in [3.63, 3.8) is 0 Å². The number of aryl methyl sites for hydroxylation is 1. The summed E-state index contributed by atoms with van der Waals surface area (Å²) in [6, 6.07) is 7.44. The van der Waals surface area contributed by atoms with Gasteiger partial charge in [0.15, 0.2) is 11.0 Å². The zero-order chi connectivity index (χ0) is 17.1. The number of fused-ring (bicyclic) bond motifs is 1. The second kappa shape index (κ2) is 7.17. The Labute approximate surface area is 144 Å². The topological polar surface area (TPSA) is 73.8 Å². The summed E-state index contributed by atoms with van der Waals surface area (Å²) in [5.41, 5.74) is 0.689. The van der Waals surface area contributed by atoms with Crippen LogP contribution in [0.2, 0.25) is 0 Å². The molecule has 126 valence electrons. The van der Waals surface area contributed by atoms with Gasteiger partial charge in [0.2, 0.25) is 5.89 Å². The molecule has 0 bridgehead atoms. The second-order valence-corrected chi connectivity index (χ2v) is 6.77. The van der Waals surface area contributed by atoms with Crippen molar-refractivity contribution in [2.24, 2.45) is 0 Å². The van der Waals surface area contributed by atoms with Gasteiger partial charge in [-0.3, -0.25) is 9.36 Å². The van der Waals surface area contributed by atoms with Crippen molar-refractivity contribution in [2.75, 3.05) is 0 Å². The van der Waals surface area contributed by atoms with Crippen molar-refractivity contribution < 1.29 is 4.52 Å². The zero-order valence-electron chi connectivity index (χ0n) is 14.0.